The van der Waals surface area contributed by atoms with Gasteiger partial charge in [-0.25, -0.2) is 0 Å². The number of alkyl halides is 3. The van der Waals surface area contributed by atoms with Gasteiger partial charge in [0.1, 0.15) is 0 Å². The summed E-state index contributed by atoms with van der Waals surface area (Å²) in [5.41, 5.74) is 7.61. The summed E-state index contributed by atoms with van der Waals surface area (Å²) in [6.45, 7) is 0. The van der Waals surface area contributed by atoms with E-state index in [1.807, 2.05) is 0 Å². The molecule has 0 heterocycles. The van der Waals surface area contributed by atoms with E-state index >= 15 is 0 Å². The molecule has 0 amide bonds. The van der Waals surface area contributed by atoms with Crippen LogP contribution in [-0.4, -0.2) is 3.92 Å². The number of azide groups is 1. The molecule has 0 saturated carbocycles. The summed E-state index contributed by atoms with van der Waals surface area (Å²) in [6.07, 6.45) is 0. The first-order chi connectivity index (χ1) is 3.06. The van der Waals surface area contributed by atoms with E-state index in [1.165, 1.54) is 0 Å². The number of nitrogens with zero attached hydrogens (tertiary/aromatic N) is 3. The van der Waals surface area contributed by atoms with Gasteiger partial charge in [0, 0.05) is 4.91 Å². The van der Waals surface area contributed by atoms with Gasteiger partial charge in [0.2, 0.25) is 0 Å². The summed E-state index contributed by atoms with van der Waals surface area (Å²) in [5, 5.41) is 2.73. The van der Waals surface area contributed by atoms with Crippen LogP contribution in [0.3, 0.4) is 0 Å². The van der Waals surface area contributed by atoms with Crippen LogP contribution in [-0.2, 0) is 0 Å². The maximum Gasteiger partial charge on any atom is 0.269 e. The van der Waals surface area contributed by atoms with E-state index in [2.05, 4.69) is 10.0 Å². The molecule has 0 aromatic rings. The second-order valence-electron chi connectivity index (χ2n) is 0.657. The first kappa shape index (κ1) is 7.18. The first-order valence-corrected chi connectivity index (χ1v) is 2.32. The molecule has 0 rings (SSSR count). The topological polar surface area (TPSA) is 48.8 Å². The molecular formula is CCl3N3. The van der Waals surface area contributed by atoms with Crippen molar-refractivity contribution in [2.45, 2.75) is 3.92 Å². The Labute approximate surface area is 54.8 Å². The molecule has 0 N–H and O–H groups in total. The molecule has 40 valence electrons. The van der Waals surface area contributed by atoms with E-state index in [4.69, 9.17) is 40.3 Å². The predicted molar refractivity (Wildman–Crippen MR) is 29.4 cm³/mol. The lowest BCUT2D eigenvalue weighted by molar-refractivity contribution is 1.14. The minimum absolute atomic E-state index is 1.82. The molecule has 7 heavy (non-hydrogen) atoms. The zero-order valence-electron chi connectivity index (χ0n) is 2.98. The summed E-state index contributed by atoms with van der Waals surface area (Å²) in [6, 6.07) is 0. The second-order valence-corrected chi connectivity index (χ2v) is 2.88. The van der Waals surface area contributed by atoms with E-state index in [0.717, 1.165) is 0 Å². The molecule has 0 aromatic carbocycles. The smallest absolute Gasteiger partial charge is 0.0775 e. The van der Waals surface area contributed by atoms with E-state index in [-0.39, 0.29) is 0 Å². The van der Waals surface area contributed by atoms with Crippen LogP contribution >= 0.6 is 34.8 Å². The molecule has 6 heteroatoms. The molecule has 0 aliphatic heterocycles. The van der Waals surface area contributed by atoms with E-state index in [0.29, 0.717) is 0 Å². The number of hydrogen-bond acceptors (Lipinski definition) is 1. The quantitative estimate of drug-likeness (QED) is 0.172. The van der Waals surface area contributed by atoms with E-state index < -0.39 is 3.92 Å². The highest BCUT2D eigenvalue weighted by Crippen LogP contribution is 2.26. The van der Waals surface area contributed by atoms with Crippen molar-refractivity contribution in [3.8, 4) is 0 Å². The molecule has 0 saturated heterocycles. The van der Waals surface area contributed by atoms with E-state index in [1.54, 1.807) is 0 Å². The number of hydrogen-bond donors (Lipinski definition) is 0. The van der Waals surface area contributed by atoms with Gasteiger partial charge in [0.15, 0.2) is 0 Å². The van der Waals surface area contributed by atoms with Gasteiger partial charge in [-0.1, -0.05) is 34.8 Å². The van der Waals surface area contributed by atoms with Crippen LogP contribution in [0.5, 0.6) is 0 Å². The Hall–Kier alpha value is 0.180. The highest BCUT2D eigenvalue weighted by Gasteiger charge is 2.14. The van der Waals surface area contributed by atoms with Gasteiger partial charge < -0.3 is 0 Å². The Morgan fingerprint density at radius 1 is 1.43 bits per heavy atom. The van der Waals surface area contributed by atoms with Crippen molar-refractivity contribution in [2.75, 3.05) is 0 Å². The summed E-state index contributed by atoms with van der Waals surface area (Å²) in [4.78, 5) is 2.24. The van der Waals surface area contributed by atoms with Crippen LogP contribution in [0, 0.1) is 0 Å². The van der Waals surface area contributed by atoms with Gasteiger partial charge in [0.05, 0.1) is 0 Å². The van der Waals surface area contributed by atoms with Crippen LogP contribution in [0.4, 0.5) is 0 Å². The Bertz CT molecular complexity index is 97.2. The summed E-state index contributed by atoms with van der Waals surface area (Å²) in [5.74, 6) is 0. The SMILES string of the molecule is [N-]=[N+]=NC(Cl)(Cl)Cl. The molecule has 0 radical (unpaired) electrons. The lowest BCUT2D eigenvalue weighted by Crippen LogP contribution is -1.90. The van der Waals surface area contributed by atoms with Crippen molar-refractivity contribution in [1.82, 2.24) is 0 Å². The minimum Gasteiger partial charge on any atom is -0.0775 e. The zero-order valence-corrected chi connectivity index (χ0v) is 5.24. The first-order valence-electron chi connectivity index (χ1n) is 1.19. The Kier molecular flexibility index (Phi) is 2.54. The molecule has 0 unspecified atom stereocenters. The Balaban J connectivity index is 3.80. The molecule has 0 fully saturated rings. The predicted octanol–water partition coefficient (Wildman–Crippen LogP) is 2.62. The fraction of sp³-hybridized carbons (Fsp3) is 1.00. The fourth-order valence-corrected chi connectivity index (χ4v) is 0.152. The minimum atomic E-state index is -1.82. The van der Waals surface area contributed by atoms with Gasteiger partial charge in [0.25, 0.3) is 3.92 Å². The molecule has 0 atom stereocenters. The normalized spacial score (nSPS) is 10.1. The number of rotatable bonds is 0. The summed E-state index contributed by atoms with van der Waals surface area (Å²) in [7, 11) is 0. The summed E-state index contributed by atoms with van der Waals surface area (Å²) < 4.78 is -1.82. The van der Waals surface area contributed by atoms with Crippen molar-refractivity contribution in [1.29, 1.82) is 0 Å². The van der Waals surface area contributed by atoms with Crippen LogP contribution in [0.15, 0.2) is 5.11 Å². The maximum absolute atomic E-state index is 7.61. The van der Waals surface area contributed by atoms with Crippen LogP contribution in [0.2, 0.25) is 0 Å². The van der Waals surface area contributed by atoms with Gasteiger partial charge in [-0.3, -0.25) is 0 Å². The van der Waals surface area contributed by atoms with Crippen LogP contribution in [0.25, 0.3) is 10.4 Å². The summed E-state index contributed by atoms with van der Waals surface area (Å²) >= 11 is 14.8. The van der Waals surface area contributed by atoms with Crippen LogP contribution in [0.1, 0.15) is 0 Å². The lowest BCUT2D eigenvalue weighted by atomic mass is 11.5. The average Bonchev–Trinajstić information content (AvgIpc) is 1.30. The third-order valence-corrected chi connectivity index (χ3v) is 0.385. The van der Waals surface area contributed by atoms with Crippen LogP contribution < -0.4 is 0 Å². The molecule has 0 spiro atoms. The maximum atomic E-state index is 7.61. The average molecular weight is 160 g/mol. The molecular weight excluding hydrogens is 160 g/mol. The van der Waals surface area contributed by atoms with Crippen molar-refractivity contribution in [3.63, 3.8) is 0 Å². The molecule has 0 aliphatic carbocycles. The Morgan fingerprint density at radius 3 is 1.86 bits per heavy atom. The van der Waals surface area contributed by atoms with Gasteiger partial charge >= 0.3 is 0 Å². The Morgan fingerprint density at radius 2 is 1.86 bits per heavy atom. The van der Waals surface area contributed by atoms with Crippen molar-refractivity contribution in [3.05, 3.63) is 10.4 Å². The van der Waals surface area contributed by atoms with Crippen molar-refractivity contribution >= 4 is 34.8 Å². The second kappa shape index (κ2) is 2.48. The molecule has 0 aliphatic rings. The molecule has 0 bridgehead atoms. The highest BCUT2D eigenvalue weighted by atomic mass is 35.6. The van der Waals surface area contributed by atoms with Gasteiger partial charge in [-0.15, -0.1) is 0 Å². The fourth-order valence-electron chi connectivity index (χ4n) is 0.0507. The number of halogens is 3. The highest BCUT2D eigenvalue weighted by molar-refractivity contribution is 6.67. The van der Waals surface area contributed by atoms with Gasteiger partial charge in [-0.05, 0) is 10.6 Å². The third kappa shape index (κ3) is 6.18. The van der Waals surface area contributed by atoms with Crippen molar-refractivity contribution in [2.24, 2.45) is 5.11 Å². The van der Waals surface area contributed by atoms with E-state index in [9.17, 15) is 0 Å². The third-order valence-electron chi connectivity index (χ3n) is 0.158. The molecule has 0 aromatic heterocycles. The lowest BCUT2D eigenvalue weighted by Gasteiger charge is -1.95. The standard InChI is InChI=1S/CCl3N3/c2-1(3,4)6-7-5. The van der Waals surface area contributed by atoms with Gasteiger partial charge in [-0.2, -0.15) is 0 Å². The largest absolute Gasteiger partial charge is 0.269 e. The van der Waals surface area contributed by atoms with Crippen molar-refractivity contribution < 1.29 is 0 Å². The molecule has 3 nitrogen and oxygen atoms in total. The zero-order chi connectivity index (χ0) is 5.91. The monoisotopic (exact) mass is 159 g/mol.